The van der Waals surface area contributed by atoms with E-state index >= 15 is 0 Å². The Hall–Kier alpha value is -1.59. The fourth-order valence-electron chi connectivity index (χ4n) is 0.787. The molecular weight excluding hydrogens is 170 g/mol. The molecule has 6 nitrogen and oxygen atoms in total. The maximum absolute atomic E-state index is 11.0. The van der Waals surface area contributed by atoms with Crippen molar-refractivity contribution in [3.63, 3.8) is 0 Å². The Balaban J connectivity index is 2.18. The van der Waals surface area contributed by atoms with Gasteiger partial charge in [-0.3, -0.25) is 4.68 Å². The average molecular weight is 183 g/mol. The van der Waals surface area contributed by atoms with Crippen molar-refractivity contribution in [3.05, 3.63) is 12.4 Å². The summed E-state index contributed by atoms with van der Waals surface area (Å²) in [7, 11) is 3.40. The minimum atomic E-state index is -0.0971. The zero-order chi connectivity index (χ0) is 9.68. The van der Waals surface area contributed by atoms with Crippen molar-refractivity contribution in [1.82, 2.24) is 25.2 Å². The van der Waals surface area contributed by atoms with Crippen LogP contribution in [0.3, 0.4) is 0 Å². The normalized spacial score (nSPS) is 9.69. The van der Waals surface area contributed by atoms with E-state index < -0.39 is 0 Å². The molecule has 13 heavy (non-hydrogen) atoms. The molecular formula is C7H13N5O. The molecule has 0 saturated carbocycles. The van der Waals surface area contributed by atoms with E-state index in [-0.39, 0.29) is 6.03 Å². The fourth-order valence-corrected chi connectivity index (χ4v) is 0.787. The van der Waals surface area contributed by atoms with Gasteiger partial charge in [0.1, 0.15) is 0 Å². The largest absolute Gasteiger partial charge is 0.336 e. The van der Waals surface area contributed by atoms with Crippen molar-refractivity contribution in [3.8, 4) is 0 Å². The predicted molar refractivity (Wildman–Crippen MR) is 47.1 cm³/mol. The van der Waals surface area contributed by atoms with E-state index in [4.69, 9.17) is 0 Å². The first-order valence-corrected chi connectivity index (χ1v) is 3.99. The fraction of sp³-hybridized carbons (Fsp3) is 0.571. The van der Waals surface area contributed by atoms with Crippen LogP contribution in [0.1, 0.15) is 0 Å². The quantitative estimate of drug-likeness (QED) is 0.690. The summed E-state index contributed by atoms with van der Waals surface area (Å²) in [5, 5.41) is 10.1. The second kappa shape index (κ2) is 4.44. The van der Waals surface area contributed by atoms with Gasteiger partial charge in [-0.1, -0.05) is 5.21 Å². The van der Waals surface area contributed by atoms with Crippen LogP contribution in [-0.4, -0.2) is 46.6 Å². The van der Waals surface area contributed by atoms with Gasteiger partial charge in [-0.05, 0) is 0 Å². The lowest BCUT2D eigenvalue weighted by atomic mass is 10.6. The third-order valence-corrected chi connectivity index (χ3v) is 1.50. The van der Waals surface area contributed by atoms with Gasteiger partial charge < -0.3 is 10.2 Å². The number of amides is 2. The molecule has 0 aliphatic heterocycles. The van der Waals surface area contributed by atoms with Crippen LogP contribution in [0.4, 0.5) is 4.79 Å². The molecule has 1 N–H and O–H groups in total. The van der Waals surface area contributed by atoms with Crippen LogP contribution in [0.25, 0.3) is 0 Å². The monoisotopic (exact) mass is 183 g/mol. The molecule has 0 saturated heterocycles. The third kappa shape index (κ3) is 3.10. The number of hydrogen-bond acceptors (Lipinski definition) is 3. The lowest BCUT2D eigenvalue weighted by Gasteiger charge is -2.11. The maximum atomic E-state index is 11.0. The summed E-state index contributed by atoms with van der Waals surface area (Å²) in [6, 6.07) is -0.0971. The number of rotatable bonds is 3. The Morgan fingerprint density at radius 3 is 2.92 bits per heavy atom. The van der Waals surface area contributed by atoms with Crippen molar-refractivity contribution in [2.75, 3.05) is 20.6 Å². The van der Waals surface area contributed by atoms with Crippen LogP contribution < -0.4 is 5.32 Å². The molecule has 0 aromatic carbocycles. The van der Waals surface area contributed by atoms with Crippen LogP contribution in [-0.2, 0) is 6.54 Å². The van der Waals surface area contributed by atoms with Crippen LogP contribution in [0.2, 0.25) is 0 Å². The molecule has 2 amide bonds. The van der Waals surface area contributed by atoms with E-state index in [1.54, 1.807) is 31.2 Å². The first kappa shape index (κ1) is 9.50. The number of nitrogens with one attached hydrogen (secondary N) is 1. The SMILES string of the molecule is CN(C)C(=O)NCCn1ccnn1. The first-order chi connectivity index (χ1) is 6.20. The minimum Gasteiger partial charge on any atom is -0.336 e. The number of carbonyl (C=O) groups is 1. The zero-order valence-electron chi connectivity index (χ0n) is 7.77. The van der Waals surface area contributed by atoms with E-state index in [1.807, 2.05) is 0 Å². The lowest BCUT2D eigenvalue weighted by Crippen LogP contribution is -2.36. The highest BCUT2D eigenvalue weighted by molar-refractivity contribution is 5.73. The average Bonchev–Trinajstić information content (AvgIpc) is 2.56. The van der Waals surface area contributed by atoms with Gasteiger partial charge in [0.15, 0.2) is 0 Å². The van der Waals surface area contributed by atoms with Crippen molar-refractivity contribution in [2.24, 2.45) is 0 Å². The van der Waals surface area contributed by atoms with E-state index in [0.717, 1.165) is 0 Å². The van der Waals surface area contributed by atoms with Gasteiger partial charge in [-0.2, -0.15) is 0 Å². The summed E-state index contributed by atoms with van der Waals surface area (Å²) >= 11 is 0. The third-order valence-electron chi connectivity index (χ3n) is 1.50. The molecule has 0 aliphatic carbocycles. The number of carbonyl (C=O) groups excluding carboxylic acids is 1. The van der Waals surface area contributed by atoms with Crippen molar-refractivity contribution < 1.29 is 4.79 Å². The molecule has 0 aliphatic rings. The second-order valence-corrected chi connectivity index (χ2v) is 2.79. The Labute approximate surface area is 76.5 Å². The van der Waals surface area contributed by atoms with Gasteiger partial charge >= 0.3 is 6.03 Å². The molecule has 72 valence electrons. The summed E-state index contributed by atoms with van der Waals surface area (Å²) < 4.78 is 1.66. The summed E-state index contributed by atoms with van der Waals surface area (Å²) in [5.41, 5.74) is 0. The summed E-state index contributed by atoms with van der Waals surface area (Å²) in [4.78, 5) is 12.5. The van der Waals surface area contributed by atoms with E-state index in [0.29, 0.717) is 13.1 Å². The predicted octanol–water partition coefficient (Wildman–Crippen LogP) is -0.451. The van der Waals surface area contributed by atoms with Crippen LogP contribution in [0.5, 0.6) is 0 Å². The van der Waals surface area contributed by atoms with Gasteiger partial charge in [-0.25, -0.2) is 4.79 Å². The first-order valence-electron chi connectivity index (χ1n) is 3.99. The summed E-state index contributed by atoms with van der Waals surface area (Å²) in [6.07, 6.45) is 3.36. The van der Waals surface area contributed by atoms with Crippen LogP contribution >= 0.6 is 0 Å². The highest BCUT2D eigenvalue weighted by atomic mass is 16.2. The number of aromatic nitrogens is 3. The molecule has 6 heteroatoms. The molecule has 1 aromatic heterocycles. The molecule has 0 unspecified atom stereocenters. The Morgan fingerprint density at radius 1 is 1.62 bits per heavy atom. The Morgan fingerprint density at radius 2 is 2.38 bits per heavy atom. The van der Waals surface area contributed by atoms with E-state index in [2.05, 4.69) is 15.6 Å². The van der Waals surface area contributed by atoms with E-state index in [9.17, 15) is 4.79 Å². The molecule has 1 aromatic rings. The highest BCUT2D eigenvalue weighted by Gasteiger charge is 2.00. The molecule has 0 spiro atoms. The van der Waals surface area contributed by atoms with Gasteiger partial charge in [0.2, 0.25) is 0 Å². The number of nitrogens with zero attached hydrogens (tertiary/aromatic N) is 4. The van der Waals surface area contributed by atoms with Gasteiger partial charge in [0.25, 0.3) is 0 Å². The van der Waals surface area contributed by atoms with Gasteiger partial charge in [0, 0.05) is 26.8 Å². The molecule has 0 fully saturated rings. The summed E-state index contributed by atoms with van der Waals surface area (Å²) in [5.74, 6) is 0. The molecule has 0 atom stereocenters. The smallest absolute Gasteiger partial charge is 0.316 e. The zero-order valence-corrected chi connectivity index (χ0v) is 7.77. The lowest BCUT2D eigenvalue weighted by molar-refractivity contribution is 0.217. The van der Waals surface area contributed by atoms with Crippen molar-refractivity contribution in [1.29, 1.82) is 0 Å². The molecule has 1 heterocycles. The van der Waals surface area contributed by atoms with Gasteiger partial charge in [0.05, 0.1) is 12.7 Å². The Kier molecular flexibility index (Phi) is 3.24. The minimum absolute atomic E-state index is 0.0971. The topological polar surface area (TPSA) is 63.1 Å². The number of hydrogen-bond donors (Lipinski definition) is 1. The highest BCUT2D eigenvalue weighted by Crippen LogP contribution is 1.80. The van der Waals surface area contributed by atoms with Crippen molar-refractivity contribution >= 4 is 6.03 Å². The molecule has 0 bridgehead atoms. The maximum Gasteiger partial charge on any atom is 0.316 e. The second-order valence-electron chi connectivity index (χ2n) is 2.79. The van der Waals surface area contributed by atoms with E-state index in [1.165, 1.54) is 4.90 Å². The van der Waals surface area contributed by atoms with Gasteiger partial charge in [-0.15, -0.1) is 5.10 Å². The van der Waals surface area contributed by atoms with Crippen molar-refractivity contribution in [2.45, 2.75) is 6.54 Å². The standard InChI is InChI=1S/C7H13N5O/c1-11(2)7(13)8-3-5-12-6-4-9-10-12/h4,6H,3,5H2,1-2H3,(H,8,13). The number of urea groups is 1. The molecule has 0 radical (unpaired) electrons. The summed E-state index contributed by atoms with van der Waals surface area (Å²) in [6.45, 7) is 1.19. The Bertz CT molecular complexity index is 256. The van der Waals surface area contributed by atoms with Crippen LogP contribution in [0.15, 0.2) is 12.4 Å². The van der Waals surface area contributed by atoms with Crippen LogP contribution in [0, 0.1) is 0 Å². The molecule has 1 rings (SSSR count).